The predicted octanol–water partition coefficient (Wildman–Crippen LogP) is 3.93. The van der Waals surface area contributed by atoms with Crippen LogP contribution in [0.3, 0.4) is 0 Å². The fourth-order valence-electron chi connectivity index (χ4n) is 2.42. The van der Waals surface area contributed by atoms with E-state index in [4.69, 9.17) is 9.42 Å². The van der Waals surface area contributed by atoms with Gasteiger partial charge in [-0.3, -0.25) is 9.67 Å². The number of rotatable bonds is 5. The lowest BCUT2D eigenvalue weighted by Crippen LogP contribution is -2.13. The molecule has 0 aliphatic rings. The molecule has 2 aromatic rings. The summed E-state index contributed by atoms with van der Waals surface area (Å²) in [7, 11) is 1.16. The second-order valence-corrected chi connectivity index (χ2v) is 7.73. The van der Waals surface area contributed by atoms with E-state index in [1.54, 1.807) is 0 Å². The first-order valence-corrected chi connectivity index (χ1v) is 9.91. The zero-order valence-corrected chi connectivity index (χ0v) is 15.2. The van der Waals surface area contributed by atoms with Gasteiger partial charge in [0.05, 0.1) is 12.2 Å². The van der Waals surface area contributed by atoms with Gasteiger partial charge in [0.25, 0.3) is 9.04 Å². The normalized spacial score (nSPS) is 13.5. The molecular weight excluding hydrogens is 290 g/mol. The predicted molar refractivity (Wildman–Crippen MR) is 93.1 cm³/mol. The largest absolute Gasteiger partial charge is 0.542 e. The Morgan fingerprint density at radius 3 is 2.59 bits per heavy atom. The van der Waals surface area contributed by atoms with E-state index in [-0.39, 0.29) is 6.04 Å². The van der Waals surface area contributed by atoms with Crippen molar-refractivity contribution < 1.29 is 4.43 Å². The summed E-state index contributed by atoms with van der Waals surface area (Å²) in [5, 5.41) is 4.29. The van der Waals surface area contributed by atoms with Crippen molar-refractivity contribution in [1.82, 2.24) is 9.78 Å². The highest BCUT2D eigenvalue weighted by Crippen LogP contribution is 2.28. The summed E-state index contributed by atoms with van der Waals surface area (Å²) in [4.78, 5) is 4.85. The summed E-state index contributed by atoms with van der Waals surface area (Å²) < 4.78 is 7.87. The van der Waals surface area contributed by atoms with Crippen LogP contribution in [0.5, 0.6) is 5.75 Å². The summed E-state index contributed by atoms with van der Waals surface area (Å²) in [6.45, 7) is 10.5. The van der Waals surface area contributed by atoms with Crippen LogP contribution in [0.1, 0.15) is 36.7 Å². The van der Waals surface area contributed by atoms with Crippen molar-refractivity contribution in [3.05, 3.63) is 47.3 Å². The van der Waals surface area contributed by atoms with Crippen LogP contribution in [0.25, 0.3) is 0 Å². The third kappa shape index (κ3) is 3.65. The average Bonchev–Trinajstić information content (AvgIpc) is 2.79. The van der Waals surface area contributed by atoms with E-state index >= 15 is 0 Å². The lowest BCUT2D eigenvalue weighted by molar-refractivity contribution is 0.563. The van der Waals surface area contributed by atoms with Crippen molar-refractivity contribution >= 4 is 14.8 Å². The first-order valence-electron chi connectivity index (χ1n) is 7.50. The van der Waals surface area contributed by atoms with E-state index in [9.17, 15) is 0 Å². The van der Waals surface area contributed by atoms with Crippen molar-refractivity contribution in [2.45, 2.75) is 39.9 Å². The molecule has 0 amide bonds. The van der Waals surface area contributed by atoms with Crippen molar-refractivity contribution in [1.29, 1.82) is 0 Å². The zero-order valence-electron chi connectivity index (χ0n) is 14.2. The molecule has 4 nitrogen and oxygen atoms in total. The molecule has 22 heavy (non-hydrogen) atoms. The van der Waals surface area contributed by atoms with Gasteiger partial charge in [0.1, 0.15) is 5.75 Å². The topological polar surface area (TPSA) is 39.4 Å². The standard InChI is InChI=1S/C17H24N3OSi/c1-12(15-9-7-8-10-17(15)21-22(5)6)19-13(2)16-11-18-20(4)14(16)3/h7-12H,1-6H3. The molecular formula is C17H24N3OSi. The Bertz CT molecular complexity index is 676. The van der Waals surface area contributed by atoms with Gasteiger partial charge in [-0.05, 0) is 39.9 Å². The third-order valence-electron chi connectivity index (χ3n) is 3.70. The maximum absolute atomic E-state index is 6.00. The number of para-hydroxylation sites is 1. The first-order chi connectivity index (χ1) is 10.4. The highest BCUT2D eigenvalue weighted by molar-refractivity contribution is 6.49. The quantitative estimate of drug-likeness (QED) is 0.619. The lowest BCUT2D eigenvalue weighted by Gasteiger charge is -2.16. The molecule has 0 bridgehead atoms. The van der Waals surface area contributed by atoms with Crippen LogP contribution in [0, 0.1) is 6.92 Å². The molecule has 0 fully saturated rings. The molecule has 1 aromatic heterocycles. The summed E-state index contributed by atoms with van der Waals surface area (Å²) in [5.74, 6) is 0.952. The first kappa shape index (κ1) is 16.5. The number of aryl methyl sites for hydroxylation is 1. The maximum atomic E-state index is 6.00. The van der Waals surface area contributed by atoms with E-state index in [1.807, 2.05) is 43.0 Å². The van der Waals surface area contributed by atoms with Gasteiger partial charge in [-0.1, -0.05) is 18.2 Å². The summed E-state index contributed by atoms with van der Waals surface area (Å²) in [6.07, 6.45) is 1.88. The van der Waals surface area contributed by atoms with E-state index in [2.05, 4.69) is 38.1 Å². The molecule has 0 spiro atoms. The van der Waals surface area contributed by atoms with E-state index in [0.29, 0.717) is 0 Å². The molecule has 0 saturated heterocycles. The smallest absolute Gasteiger partial charge is 0.274 e. The summed E-state index contributed by atoms with van der Waals surface area (Å²) >= 11 is 0. The lowest BCUT2D eigenvalue weighted by atomic mass is 10.1. The Kier molecular flexibility index (Phi) is 5.18. The average molecular weight is 314 g/mol. The minimum absolute atomic E-state index is 0.0529. The van der Waals surface area contributed by atoms with E-state index in [1.165, 1.54) is 0 Å². The van der Waals surface area contributed by atoms with Crippen molar-refractivity contribution in [2.24, 2.45) is 12.0 Å². The van der Waals surface area contributed by atoms with Gasteiger partial charge in [-0.2, -0.15) is 5.10 Å². The number of benzene rings is 1. The van der Waals surface area contributed by atoms with Crippen LogP contribution in [0.4, 0.5) is 0 Å². The summed E-state index contributed by atoms with van der Waals surface area (Å²) in [5.41, 5.74) is 4.37. The van der Waals surface area contributed by atoms with Crippen molar-refractivity contribution in [2.75, 3.05) is 0 Å². The van der Waals surface area contributed by atoms with Crippen LogP contribution in [-0.2, 0) is 7.05 Å². The molecule has 1 aromatic carbocycles. The fourth-order valence-corrected chi connectivity index (χ4v) is 3.05. The molecule has 0 saturated carbocycles. The van der Waals surface area contributed by atoms with Crippen LogP contribution in [0.15, 0.2) is 35.5 Å². The highest BCUT2D eigenvalue weighted by Gasteiger charge is 2.14. The van der Waals surface area contributed by atoms with Gasteiger partial charge in [0, 0.05) is 29.6 Å². The van der Waals surface area contributed by atoms with Crippen LogP contribution in [-0.4, -0.2) is 24.5 Å². The second-order valence-electron chi connectivity index (χ2n) is 5.71. The van der Waals surface area contributed by atoms with Gasteiger partial charge in [-0.25, -0.2) is 0 Å². The van der Waals surface area contributed by atoms with Crippen LogP contribution < -0.4 is 4.43 Å². The second kappa shape index (κ2) is 6.92. The Labute approximate surface area is 134 Å². The third-order valence-corrected chi connectivity index (χ3v) is 4.32. The molecule has 1 unspecified atom stereocenters. The molecule has 117 valence electrons. The number of aliphatic imine (C=N–C) groups is 1. The summed E-state index contributed by atoms with van der Waals surface area (Å²) in [6, 6.07) is 8.23. The molecule has 1 radical (unpaired) electrons. The van der Waals surface area contributed by atoms with Crippen molar-refractivity contribution in [3.8, 4) is 5.75 Å². The van der Waals surface area contributed by atoms with E-state index < -0.39 is 9.04 Å². The Morgan fingerprint density at radius 1 is 1.32 bits per heavy atom. The number of hydrogen-bond acceptors (Lipinski definition) is 3. The Hall–Kier alpha value is -1.88. The molecule has 0 aliphatic heterocycles. The zero-order chi connectivity index (χ0) is 16.3. The van der Waals surface area contributed by atoms with Gasteiger partial charge >= 0.3 is 0 Å². The molecule has 0 N–H and O–H groups in total. The Morgan fingerprint density at radius 2 is 2.00 bits per heavy atom. The van der Waals surface area contributed by atoms with Gasteiger partial charge in [0.2, 0.25) is 0 Å². The minimum atomic E-state index is -0.787. The number of aromatic nitrogens is 2. The molecule has 1 heterocycles. The fraction of sp³-hybridized carbons (Fsp3) is 0.412. The van der Waals surface area contributed by atoms with Gasteiger partial charge in [-0.15, -0.1) is 0 Å². The van der Waals surface area contributed by atoms with Crippen LogP contribution in [0.2, 0.25) is 13.1 Å². The minimum Gasteiger partial charge on any atom is -0.542 e. The Balaban J connectivity index is 2.30. The van der Waals surface area contributed by atoms with Crippen molar-refractivity contribution in [3.63, 3.8) is 0 Å². The van der Waals surface area contributed by atoms with Gasteiger partial charge < -0.3 is 4.43 Å². The molecule has 0 aliphatic carbocycles. The monoisotopic (exact) mass is 314 g/mol. The van der Waals surface area contributed by atoms with Crippen LogP contribution >= 0.6 is 0 Å². The van der Waals surface area contributed by atoms with Gasteiger partial charge in [0.15, 0.2) is 0 Å². The van der Waals surface area contributed by atoms with E-state index in [0.717, 1.165) is 28.3 Å². The maximum Gasteiger partial charge on any atom is 0.274 e. The molecule has 2 rings (SSSR count). The SMILES string of the molecule is CC(=NC(C)c1ccccc1O[Si](C)C)c1cnn(C)c1C. The number of nitrogens with zero attached hydrogens (tertiary/aromatic N) is 3. The molecule has 5 heteroatoms. The highest BCUT2D eigenvalue weighted by atomic mass is 28.3. The number of hydrogen-bond donors (Lipinski definition) is 0. The molecule has 1 atom stereocenters.